The molecular weight excluding hydrogens is 656 g/mol. The van der Waals surface area contributed by atoms with Gasteiger partial charge in [0.2, 0.25) is 5.78 Å². The molecule has 4 N–H and O–H groups in total. The fourth-order valence-corrected chi connectivity index (χ4v) is 7.97. The highest BCUT2D eigenvalue weighted by atomic mass is 16.3. The zero-order valence-electron chi connectivity index (χ0n) is 27.6. The molecule has 52 heavy (non-hydrogen) atoms. The van der Waals surface area contributed by atoms with Crippen LogP contribution >= 0.6 is 0 Å². The number of ketones is 1. The third kappa shape index (κ3) is 3.52. The minimum absolute atomic E-state index is 0.0461. The fourth-order valence-electron chi connectivity index (χ4n) is 7.97. The average Bonchev–Trinajstić information content (AvgIpc) is 4.04. The first-order chi connectivity index (χ1) is 25.4. The number of para-hydroxylation sites is 2. The minimum atomic E-state index is -0.740. The van der Waals surface area contributed by atoms with Gasteiger partial charge in [-0.15, -0.1) is 0 Å². The molecule has 11 rings (SSSR count). The van der Waals surface area contributed by atoms with Crippen LogP contribution in [0.15, 0.2) is 109 Å². The number of nitrogens with zero attached hydrogens (tertiary/aromatic N) is 8. The number of nitrogens with one attached hydrogen (secondary N) is 2. The van der Waals surface area contributed by atoms with Gasteiger partial charge in [-0.2, -0.15) is 29.4 Å². The number of allylic oxidation sites excluding steroid dienone is 2. The van der Waals surface area contributed by atoms with Gasteiger partial charge in [-0.05, 0) is 48.5 Å². The molecular formula is C39H26N10O3. The predicted molar refractivity (Wildman–Crippen MR) is 198 cm³/mol. The summed E-state index contributed by atoms with van der Waals surface area (Å²) in [6.45, 7) is 0. The first-order valence-electron chi connectivity index (χ1n) is 16.6. The number of hydrogen-bond acceptors (Lipinski definition) is 7. The smallest absolute Gasteiger partial charge is 0.232 e. The molecule has 13 heteroatoms. The molecule has 1 aliphatic carbocycles. The molecule has 1 aliphatic rings. The lowest BCUT2D eigenvalue weighted by Crippen LogP contribution is -2.01. The summed E-state index contributed by atoms with van der Waals surface area (Å²) in [6.07, 6.45) is 2.98. The largest absolute Gasteiger partial charge is 0.506 e. The quantitative estimate of drug-likeness (QED) is 0.158. The van der Waals surface area contributed by atoms with Gasteiger partial charge < -0.3 is 19.3 Å². The van der Waals surface area contributed by atoms with Crippen LogP contribution in [0.5, 0.6) is 0 Å². The van der Waals surface area contributed by atoms with Crippen molar-refractivity contribution in [2.45, 2.75) is 0 Å². The Balaban J connectivity index is 0.990. The first-order valence-corrected chi connectivity index (χ1v) is 16.6. The van der Waals surface area contributed by atoms with E-state index in [0.717, 1.165) is 54.7 Å². The topological polar surface area (TPSA) is 159 Å². The third-order valence-electron chi connectivity index (χ3n) is 10.5. The molecule has 10 aromatic rings. The number of Topliss-reactive ketones (excluding diaryl/α,β-unsaturated/α-hetero) is 1. The van der Waals surface area contributed by atoms with Crippen molar-refractivity contribution in [2.75, 3.05) is 0 Å². The number of rotatable bonds is 4. The maximum atomic E-state index is 13.7. The molecule has 0 saturated carbocycles. The van der Waals surface area contributed by atoms with Crippen LogP contribution in [0.25, 0.3) is 88.8 Å². The molecule has 13 nitrogen and oxygen atoms in total. The van der Waals surface area contributed by atoms with Crippen LogP contribution in [0.3, 0.4) is 0 Å². The number of benzene rings is 4. The number of aliphatic hydroxyl groups excluding tert-OH is 2. The number of aliphatic hydroxyl groups is 2. The van der Waals surface area contributed by atoms with Crippen molar-refractivity contribution in [1.82, 2.24) is 48.8 Å². The highest BCUT2D eigenvalue weighted by molar-refractivity contribution is 6.37. The lowest BCUT2D eigenvalue weighted by Gasteiger charge is -2.01. The van der Waals surface area contributed by atoms with Crippen LogP contribution in [0.1, 0.15) is 11.1 Å². The van der Waals surface area contributed by atoms with Crippen LogP contribution < -0.4 is 0 Å². The van der Waals surface area contributed by atoms with E-state index in [1.807, 2.05) is 56.6 Å². The van der Waals surface area contributed by atoms with Crippen molar-refractivity contribution in [3.05, 3.63) is 120 Å². The van der Waals surface area contributed by atoms with Crippen molar-refractivity contribution >= 4 is 71.8 Å². The second-order valence-electron chi connectivity index (χ2n) is 13.1. The van der Waals surface area contributed by atoms with Gasteiger partial charge >= 0.3 is 0 Å². The molecule has 0 bridgehead atoms. The second kappa shape index (κ2) is 9.85. The summed E-state index contributed by atoms with van der Waals surface area (Å²) in [4.78, 5) is 13.7. The maximum Gasteiger partial charge on any atom is 0.232 e. The minimum Gasteiger partial charge on any atom is -0.506 e. The van der Waals surface area contributed by atoms with E-state index in [4.69, 9.17) is 0 Å². The van der Waals surface area contributed by atoms with Gasteiger partial charge in [0.15, 0.2) is 28.7 Å². The fraction of sp³-hybridized carbons (Fsp3) is 0.0513. The van der Waals surface area contributed by atoms with Crippen molar-refractivity contribution in [2.24, 2.45) is 14.1 Å². The van der Waals surface area contributed by atoms with Crippen molar-refractivity contribution in [3.63, 3.8) is 0 Å². The van der Waals surface area contributed by atoms with E-state index < -0.39 is 17.3 Å². The van der Waals surface area contributed by atoms with E-state index in [1.165, 1.54) is 12.4 Å². The predicted octanol–water partition coefficient (Wildman–Crippen LogP) is 6.87. The standard InChI is InChI=1S/C39H26N10O3/c1-46-27-9-5-3-7-21(27)23-15-19(11-13-29(23)46)36-42-44-38-25(17-40-48(36)38)31-33(50)32(35(52)34(31)51)26-18-41-49-37(43-45-39(26)49)20-12-14-30-24(16-20)22-8-4-6-10-28(22)47(30)2/h3-18,44-45,50H,1-2H3,(H,51,52). The summed E-state index contributed by atoms with van der Waals surface area (Å²) in [5.74, 6) is -0.667. The molecule has 0 unspecified atom stereocenters. The SMILES string of the molecule is Cn1c2ccccc2c2cc(-c3n[nH]c4c(C5=C(O)C(c6cnn7c(-c8ccc9c(c8)c8ccccc8n9C)n[nH]c67)=C(O)C5=O)cnn34)ccc21. The molecule has 0 spiro atoms. The molecule has 0 fully saturated rings. The summed E-state index contributed by atoms with van der Waals surface area (Å²) >= 11 is 0. The lowest BCUT2D eigenvalue weighted by molar-refractivity contribution is -0.112. The highest BCUT2D eigenvalue weighted by Crippen LogP contribution is 2.42. The van der Waals surface area contributed by atoms with Crippen molar-refractivity contribution in [3.8, 4) is 22.8 Å². The summed E-state index contributed by atoms with van der Waals surface area (Å²) < 4.78 is 7.51. The average molecular weight is 683 g/mol. The molecule has 250 valence electrons. The van der Waals surface area contributed by atoms with Gasteiger partial charge in [-0.3, -0.25) is 15.0 Å². The Hall–Kier alpha value is -7.41. The van der Waals surface area contributed by atoms with Crippen LogP contribution in [-0.2, 0) is 18.9 Å². The summed E-state index contributed by atoms with van der Waals surface area (Å²) in [5.41, 5.74) is 7.34. The number of aryl methyl sites for hydroxylation is 2. The Morgan fingerprint density at radius 1 is 0.558 bits per heavy atom. The Morgan fingerprint density at radius 3 is 1.54 bits per heavy atom. The van der Waals surface area contributed by atoms with Gasteiger partial charge in [0.05, 0.1) is 34.7 Å². The number of carbonyl (C=O) groups is 1. The first kappa shape index (κ1) is 28.4. The van der Waals surface area contributed by atoms with Gasteiger partial charge in [0.25, 0.3) is 0 Å². The van der Waals surface area contributed by atoms with E-state index in [9.17, 15) is 15.0 Å². The van der Waals surface area contributed by atoms with E-state index >= 15 is 0 Å². The number of aromatic nitrogens is 10. The monoisotopic (exact) mass is 682 g/mol. The number of hydrogen-bond donors (Lipinski definition) is 4. The van der Waals surface area contributed by atoms with Crippen LogP contribution in [0.2, 0.25) is 0 Å². The Morgan fingerprint density at radius 2 is 1.02 bits per heavy atom. The van der Waals surface area contributed by atoms with Crippen LogP contribution in [0.4, 0.5) is 0 Å². The molecule has 4 aromatic carbocycles. The number of carbonyl (C=O) groups excluding carboxylic acids is 1. The normalized spacial score (nSPS) is 14.0. The summed E-state index contributed by atoms with van der Waals surface area (Å²) in [7, 11) is 4.08. The molecule has 6 aromatic heterocycles. The van der Waals surface area contributed by atoms with Crippen LogP contribution in [0, 0.1) is 0 Å². The van der Waals surface area contributed by atoms with E-state index in [-0.39, 0.29) is 11.1 Å². The molecule has 0 radical (unpaired) electrons. The van der Waals surface area contributed by atoms with E-state index in [1.54, 1.807) is 9.03 Å². The van der Waals surface area contributed by atoms with E-state index in [0.29, 0.717) is 34.1 Å². The van der Waals surface area contributed by atoms with Gasteiger partial charge in [0.1, 0.15) is 5.76 Å². The zero-order valence-corrected chi connectivity index (χ0v) is 27.6. The highest BCUT2D eigenvalue weighted by Gasteiger charge is 2.38. The molecule has 6 heterocycles. The molecule has 0 saturated heterocycles. The molecule has 0 aliphatic heterocycles. The Bertz CT molecular complexity index is 3270. The maximum absolute atomic E-state index is 13.7. The Kier molecular flexibility index (Phi) is 5.39. The van der Waals surface area contributed by atoms with Gasteiger partial charge in [-0.1, -0.05) is 36.4 Å². The number of H-pyrrole nitrogens is 2. The van der Waals surface area contributed by atoms with Crippen molar-refractivity contribution < 1.29 is 15.0 Å². The summed E-state index contributed by atoms with van der Waals surface area (Å²) in [5, 5.41) is 51.5. The summed E-state index contributed by atoms with van der Waals surface area (Å²) in [6, 6.07) is 28.6. The zero-order chi connectivity index (χ0) is 35.0. The molecule has 0 atom stereocenters. The number of fused-ring (bicyclic) bond motifs is 8. The van der Waals surface area contributed by atoms with Gasteiger partial charge in [-0.25, -0.2) is 0 Å². The van der Waals surface area contributed by atoms with E-state index in [2.05, 4.69) is 82.2 Å². The Labute approximate surface area is 291 Å². The van der Waals surface area contributed by atoms with Crippen LogP contribution in [-0.4, -0.2) is 64.8 Å². The van der Waals surface area contributed by atoms with Crippen molar-refractivity contribution in [1.29, 1.82) is 0 Å². The second-order valence-corrected chi connectivity index (χ2v) is 13.1. The van der Waals surface area contributed by atoms with Gasteiger partial charge in [0, 0.05) is 68.8 Å². The third-order valence-corrected chi connectivity index (χ3v) is 10.5. The lowest BCUT2D eigenvalue weighted by atomic mass is 10.1. The number of aromatic amines is 2. The molecule has 0 amide bonds.